The van der Waals surface area contributed by atoms with Crippen LogP contribution in [0.3, 0.4) is 0 Å². The third kappa shape index (κ3) is 3.64. The van der Waals surface area contributed by atoms with Crippen molar-refractivity contribution in [2.24, 2.45) is 11.7 Å². The van der Waals surface area contributed by atoms with Gasteiger partial charge in [0.1, 0.15) is 11.9 Å². The average molecular weight is 378 g/mol. The van der Waals surface area contributed by atoms with E-state index >= 15 is 0 Å². The minimum Gasteiger partial charge on any atom is -0.324 e. The smallest absolute Gasteiger partial charge is 0.247 e. The van der Waals surface area contributed by atoms with E-state index in [4.69, 9.17) is 5.73 Å². The summed E-state index contributed by atoms with van der Waals surface area (Å²) < 4.78 is 0. The van der Waals surface area contributed by atoms with E-state index < -0.39 is 12.1 Å². The second kappa shape index (κ2) is 8.10. The summed E-state index contributed by atoms with van der Waals surface area (Å²) in [6.45, 7) is 0. The lowest BCUT2D eigenvalue weighted by molar-refractivity contribution is -0.125. The van der Waals surface area contributed by atoms with Crippen LogP contribution in [-0.4, -0.2) is 28.9 Å². The molecule has 2 amide bonds. The lowest BCUT2D eigenvalue weighted by Crippen LogP contribution is -2.54. The zero-order valence-corrected chi connectivity index (χ0v) is 15.9. The molecular formula is C22H26N4O2. The van der Waals surface area contributed by atoms with Crippen LogP contribution in [0.5, 0.6) is 0 Å². The molecule has 1 aromatic heterocycles. The van der Waals surface area contributed by atoms with Crippen molar-refractivity contribution in [2.75, 3.05) is 10.2 Å². The highest BCUT2D eigenvalue weighted by atomic mass is 16.2. The van der Waals surface area contributed by atoms with Crippen LogP contribution in [0, 0.1) is 5.92 Å². The molecule has 0 bridgehead atoms. The Balaban J connectivity index is 1.58. The molecule has 6 heteroatoms. The van der Waals surface area contributed by atoms with Crippen molar-refractivity contribution in [2.45, 2.75) is 50.6 Å². The molecule has 2 heterocycles. The molecule has 1 aliphatic carbocycles. The molecule has 0 saturated heterocycles. The summed E-state index contributed by atoms with van der Waals surface area (Å²) in [6.07, 6.45) is 7.46. The summed E-state index contributed by atoms with van der Waals surface area (Å²) in [5.74, 6) is 0.324. The van der Waals surface area contributed by atoms with Gasteiger partial charge in [0.25, 0.3) is 0 Å². The van der Waals surface area contributed by atoms with Crippen LogP contribution in [0.2, 0.25) is 0 Å². The molecule has 2 aromatic rings. The average Bonchev–Trinajstić information content (AvgIpc) is 3.14. The van der Waals surface area contributed by atoms with Crippen molar-refractivity contribution in [3.8, 4) is 0 Å². The Kier molecular flexibility index (Phi) is 5.39. The Labute approximate surface area is 165 Å². The van der Waals surface area contributed by atoms with E-state index in [2.05, 4.69) is 10.3 Å². The third-order valence-electron chi connectivity index (χ3n) is 5.84. The van der Waals surface area contributed by atoms with E-state index in [0.29, 0.717) is 17.9 Å². The van der Waals surface area contributed by atoms with Gasteiger partial charge in [0, 0.05) is 18.3 Å². The zero-order chi connectivity index (χ0) is 19.5. The van der Waals surface area contributed by atoms with Crippen LogP contribution >= 0.6 is 0 Å². The maximum absolute atomic E-state index is 13.4. The topological polar surface area (TPSA) is 88.3 Å². The van der Waals surface area contributed by atoms with E-state index in [9.17, 15) is 9.59 Å². The van der Waals surface area contributed by atoms with Gasteiger partial charge in [-0.05, 0) is 42.5 Å². The van der Waals surface area contributed by atoms with Gasteiger partial charge in [-0.3, -0.25) is 14.5 Å². The normalized spacial score (nSPS) is 20.5. The maximum atomic E-state index is 13.4. The molecule has 2 aliphatic rings. The van der Waals surface area contributed by atoms with E-state index in [1.54, 1.807) is 6.20 Å². The zero-order valence-electron chi connectivity index (χ0n) is 15.9. The molecule has 3 N–H and O–H groups in total. The molecule has 1 aromatic carbocycles. The summed E-state index contributed by atoms with van der Waals surface area (Å²) in [6, 6.07) is 11.8. The van der Waals surface area contributed by atoms with Gasteiger partial charge in [0.15, 0.2) is 0 Å². The summed E-state index contributed by atoms with van der Waals surface area (Å²) in [5, 5.41) is 2.92. The molecule has 4 rings (SSSR count). The van der Waals surface area contributed by atoms with Gasteiger partial charge in [-0.15, -0.1) is 0 Å². The molecule has 0 spiro atoms. The van der Waals surface area contributed by atoms with Gasteiger partial charge < -0.3 is 11.1 Å². The first-order chi connectivity index (χ1) is 13.6. The van der Waals surface area contributed by atoms with E-state index in [1.807, 2.05) is 42.5 Å². The summed E-state index contributed by atoms with van der Waals surface area (Å²) >= 11 is 0. The number of pyridine rings is 1. The number of carbonyl (C=O) groups excluding carboxylic acids is 2. The van der Waals surface area contributed by atoms with Gasteiger partial charge >= 0.3 is 0 Å². The summed E-state index contributed by atoms with van der Waals surface area (Å²) in [5.41, 5.74) is 8.00. The number of aromatic nitrogens is 1. The number of fused-ring (bicyclic) bond motifs is 1. The number of rotatable bonds is 4. The van der Waals surface area contributed by atoms with Crippen LogP contribution in [0.1, 0.15) is 37.7 Å². The third-order valence-corrected chi connectivity index (χ3v) is 5.84. The van der Waals surface area contributed by atoms with Gasteiger partial charge in [-0.25, -0.2) is 4.98 Å². The lowest BCUT2D eigenvalue weighted by atomic mass is 9.83. The van der Waals surface area contributed by atoms with Gasteiger partial charge in [0.05, 0.1) is 6.04 Å². The minimum atomic E-state index is -0.632. The Bertz CT molecular complexity index is 849. The standard InChI is InChI=1S/C22H26N4O2/c23-19(15-8-3-1-4-9-15)22(28)26-18(14-16-10-7-13-24-20(16)26)21(27)25-17-11-5-2-6-12-17/h2,5-7,10-13,15,18-19H,1,3-4,8-9,14,23H2,(H,25,27)/t18-,19?/m0/s1. The number of carbonyl (C=O) groups is 2. The SMILES string of the molecule is NC(C(=O)N1c2ncccc2C[C@H]1C(=O)Nc1ccccc1)C1CCCCC1. The molecule has 146 valence electrons. The fraction of sp³-hybridized carbons (Fsp3) is 0.409. The highest BCUT2D eigenvalue weighted by molar-refractivity contribution is 6.08. The van der Waals surface area contributed by atoms with Crippen LogP contribution in [0.25, 0.3) is 0 Å². The number of anilines is 2. The highest BCUT2D eigenvalue weighted by Gasteiger charge is 2.42. The first kappa shape index (κ1) is 18.6. The number of hydrogen-bond donors (Lipinski definition) is 2. The Morgan fingerprint density at radius 1 is 1.07 bits per heavy atom. The fourth-order valence-corrected chi connectivity index (χ4v) is 4.32. The molecule has 6 nitrogen and oxygen atoms in total. The molecule has 2 atom stereocenters. The summed E-state index contributed by atoms with van der Waals surface area (Å²) in [7, 11) is 0. The summed E-state index contributed by atoms with van der Waals surface area (Å²) in [4.78, 5) is 32.3. The van der Waals surface area contributed by atoms with Crippen LogP contribution < -0.4 is 16.0 Å². The van der Waals surface area contributed by atoms with Gasteiger partial charge in [0.2, 0.25) is 11.8 Å². The monoisotopic (exact) mass is 378 g/mol. The van der Waals surface area contributed by atoms with E-state index in [-0.39, 0.29) is 17.7 Å². The van der Waals surface area contributed by atoms with Crippen LogP contribution in [0.4, 0.5) is 11.5 Å². The first-order valence-electron chi connectivity index (χ1n) is 10.0. The molecule has 1 aliphatic heterocycles. The number of nitrogens with one attached hydrogen (secondary N) is 1. The molecule has 1 fully saturated rings. The minimum absolute atomic E-state index is 0.173. The number of nitrogens with two attached hydrogens (primary N) is 1. The Morgan fingerprint density at radius 3 is 2.57 bits per heavy atom. The second-order valence-electron chi connectivity index (χ2n) is 7.69. The van der Waals surface area contributed by atoms with E-state index in [0.717, 1.165) is 31.2 Å². The predicted octanol–water partition coefficient (Wildman–Crippen LogP) is 2.89. The largest absolute Gasteiger partial charge is 0.324 e. The van der Waals surface area contributed by atoms with E-state index in [1.165, 1.54) is 11.3 Å². The van der Waals surface area contributed by atoms with Crippen molar-refractivity contribution in [1.29, 1.82) is 0 Å². The molecule has 28 heavy (non-hydrogen) atoms. The Morgan fingerprint density at radius 2 is 1.82 bits per heavy atom. The maximum Gasteiger partial charge on any atom is 0.247 e. The predicted molar refractivity (Wildman–Crippen MR) is 109 cm³/mol. The second-order valence-corrected chi connectivity index (χ2v) is 7.69. The van der Waals surface area contributed by atoms with Crippen molar-refractivity contribution < 1.29 is 9.59 Å². The van der Waals surface area contributed by atoms with Crippen molar-refractivity contribution >= 4 is 23.3 Å². The highest BCUT2D eigenvalue weighted by Crippen LogP contribution is 2.33. The van der Waals surface area contributed by atoms with Crippen LogP contribution in [0.15, 0.2) is 48.7 Å². The molecule has 1 unspecified atom stereocenters. The molecular weight excluding hydrogens is 352 g/mol. The van der Waals surface area contributed by atoms with Crippen LogP contribution in [-0.2, 0) is 16.0 Å². The first-order valence-corrected chi connectivity index (χ1v) is 10.0. The Hall–Kier alpha value is -2.73. The number of benzene rings is 1. The molecule has 0 radical (unpaired) electrons. The van der Waals surface area contributed by atoms with Crippen molar-refractivity contribution in [1.82, 2.24) is 4.98 Å². The molecule has 1 saturated carbocycles. The fourth-order valence-electron chi connectivity index (χ4n) is 4.32. The van der Waals surface area contributed by atoms with Crippen molar-refractivity contribution in [3.63, 3.8) is 0 Å². The van der Waals surface area contributed by atoms with Gasteiger partial charge in [-0.2, -0.15) is 0 Å². The number of para-hydroxylation sites is 1. The number of amides is 2. The van der Waals surface area contributed by atoms with Gasteiger partial charge in [-0.1, -0.05) is 43.5 Å². The quantitative estimate of drug-likeness (QED) is 0.856. The lowest BCUT2D eigenvalue weighted by Gasteiger charge is -2.32. The number of nitrogens with zero attached hydrogens (tertiary/aromatic N) is 2. The van der Waals surface area contributed by atoms with Crippen molar-refractivity contribution in [3.05, 3.63) is 54.2 Å². The number of hydrogen-bond acceptors (Lipinski definition) is 4.